The summed E-state index contributed by atoms with van der Waals surface area (Å²) in [5.41, 5.74) is 1.43. The van der Waals surface area contributed by atoms with Gasteiger partial charge in [-0.25, -0.2) is 4.39 Å². The summed E-state index contributed by atoms with van der Waals surface area (Å²) in [4.78, 5) is 26.7. The number of hydrogen-bond donors (Lipinski definition) is 0. The molecule has 2 aromatic carbocycles. The Morgan fingerprint density at radius 2 is 2.04 bits per heavy atom. The Kier molecular flexibility index (Phi) is 4.65. The van der Waals surface area contributed by atoms with Gasteiger partial charge in [-0.05, 0) is 35.9 Å². The third-order valence-electron chi connectivity index (χ3n) is 3.65. The summed E-state index contributed by atoms with van der Waals surface area (Å²) < 4.78 is 18.3. The first kappa shape index (κ1) is 16.5. The molecule has 0 aliphatic carbocycles. The number of rotatable bonds is 5. The van der Waals surface area contributed by atoms with Crippen LogP contribution in [0, 0.1) is 15.9 Å². The standard InChI is InChI=1S/C18H13FN2O4/c19-14-4-1-3-12(9-14)10-17(22)25-11-13-6-7-16(21(23)24)15-5-2-8-20-18(13)15/h1-9H,10-11H2. The summed E-state index contributed by atoms with van der Waals surface area (Å²) >= 11 is 0. The molecule has 0 saturated heterocycles. The van der Waals surface area contributed by atoms with Gasteiger partial charge in [-0.3, -0.25) is 19.9 Å². The van der Waals surface area contributed by atoms with Gasteiger partial charge in [-0.15, -0.1) is 0 Å². The number of ether oxygens (including phenoxy) is 1. The Labute approximate surface area is 142 Å². The molecule has 1 aromatic heterocycles. The van der Waals surface area contributed by atoms with Gasteiger partial charge < -0.3 is 4.74 Å². The van der Waals surface area contributed by atoms with E-state index >= 15 is 0 Å². The SMILES string of the molecule is O=C(Cc1cccc(F)c1)OCc1ccc([N+](=O)[O-])c2cccnc12. The Morgan fingerprint density at radius 1 is 1.20 bits per heavy atom. The molecule has 7 heteroatoms. The van der Waals surface area contributed by atoms with E-state index in [0.717, 1.165) is 0 Å². The average Bonchev–Trinajstić information content (AvgIpc) is 2.59. The molecule has 3 aromatic rings. The van der Waals surface area contributed by atoms with Crippen LogP contribution in [-0.2, 0) is 22.6 Å². The summed E-state index contributed by atoms with van der Waals surface area (Å²) in [7, 11) is 0. The lowest BCUT2D eigenvalue weighted by Gasteiger charge is -2.08. The molecule has 6 nitrogen and oxygen atoms in total. The molecule has 126 valence electrons. The first-order valence-electron chi connectivity index (χ1n) is 7.45. The number of carbonyl (C=O) groups excluding carboxylic acids is 1. The number of nitro groups is 1. The molecule has 0 amide bonds. The minimum atomic E-state index is -0.520. The van der Waals surface area contributed by atoms with Crippen molar-refractivity contribution in [2.45, 2.75) is 13.0 Å². The Balaban J connectivity index is 1.76. The molecule has 0 aliphatic heterocycles. The number of pyridine rings is 1. The van der Waals surface area contributed by atoms with Gasteiger partial charge in [0.2, 0.25) is 0 Å². The van der Waals surface area contributed by atoms with Gasteiger partial charge in [0.1, 0.15) is 12.4 Å². The molecule has 25 heavy (non-hydrogen) atoms. The zero-order valence-electron chi connectivity index (χ0n) is 13.0. The van der Waals surface area contributed by atoms with Crippen molar-refractivity contribution in [1.82, 2.24) is 4.98 Å². The van der Waals surface area contributed by atoms with Crippen LogP contribution in [0.5, 0.6) is 0 Å². The maximum atomic E-state index is 13.1. The van der Waals surface area contributed by atoms with Crippen LogP contribution in [0.2, 0.25) is 0 Å². The first-order valence-corrected chi connectivity index (χ1v) is 7.45. The number of esters is 1. The highest BCUT2D eigenvalue weighted by molar-refractivity contribution is 5.90. The summed E-state index contributed by atoms with van der Waals surface area (Å²) in [5, 5.41) is 11.5. The van der Waals surface area contributed by atoms with Crippen LogP contribution in [0.25, 0.3) is 10.9 Å². The molecular weight excluding hydrogens is 327 g/mol. The highest BCUT2D eigenvalue weighted by atomic mass is 19.1. The van der Waals surface area contributed by atoms with E-state index in [1.807, 2.05) is 0 Å². The second-order valence-corrected chi connectivity index (χ2v) is 5.37. The largest absolute Gasteiger partial charge is 0.460 e. The highest BCUT2D eigenvalue weighted by Crippen LogP contribution is 2.27. The van der Waals surface area contributed by atoms with Crippen molar-refractivity contribution in [2.24, 2.45) is 0 Å². The third kappa shape index (κ3) is 3.77. The van der Waals surface area contributed by atoms with Crippen LogP contribution in [0.4, 0.5) is 10.1 Å². The zero-order chi connectivity index (χ0) is 17.8. The van der Waals surface area contributed by atoms with Gasteiger partial charge in [-0.1, -0.05) is 12.1 Å². The lowest BCUT2D eigenvalue weighted by atomic mass is 10.1. The van der Waals surface area contributed by atoms with Crippen molar-refractivity contribution in [2.75, 3.05) is 0 Å². The van der Waals surface area contributed by atoms with E-state index in [2.05, 4.69) is 4.98 Å². The molecule has 3 rings (SSSR count). The average molecular weight is 340 g/mol. The normalized spacial score (nSPS) is 10.6. The quantitative estimate of drug-likeness (QED) is 0.403. The summed E-state index contributed by atoms with van der Waals surface area (Å²) in [6.45, 7) is -0.0698. The fraction of sp³-hybridized carbons (Fsp3) is 0.111. The van der Waals surface area contributed by atoms with Crippen LogP contribution in [-0.4, -0.2) is 15.9 Å². The minimum Gasteiger partial charge on any atom is -0.460 e. The molecule has 0 atom stereocenters. The van der Waals surface area contributed by atoms with E-state index in [9.17, 15) is 19.3 Å². The minimum absolute atomic E-state index is 0.0575. The van der Waals surface area contributed by atoms with E-state index in [4.69, 9.17) is 4.74 Å². The fourth-order valence-corrected chi connectivity index (χ4v) is 2.51. The molecule has 0 N–H and O–H groups in total. The summed E-state index contributed by atoms with van der Waals surface area (Å²) in [6.07, 6.45) is 1.46. The number of carbonyl (C=O) groups is 1. The molecule has 0 saturated carbocycles. The van der Waals surface area contributed by atoms with Crippen molar-refractivity contribution in [1.29, 1.82) is 0 Å². The number of fused-ring (bicyclic) bond motifs is 1. The second kappa shape index (κ2) is 7.04. The number of hydrogen-bond acceptors (Lipinski definition) is 5. The number of nitro benzene ring substituents is 1. The third-order valence-corrected chi connectivity index (χ3v) is 3.65. The molecule has 0 spiro atoms. The van der Waals surface area contributed by atoms with Crippen LogP contribution in [0.15, 0.2) is 54.7 Å². The Bertz CT molecular complexity index is 959. The smallest absolute Gasteiger partial charge is 0.310 e. The summed E-state index contributed by atoms with van der Waals surface area (Å²) in [5.74, 6) is -0.941. The van der Waals surface area contributed by atoms with Gasteiger partial charge in [0.15, 0.2) is 0 Å². The van der Waals surface area contributed by atoms with Crippen LogP contribution >= 0.6 is 0 Å². The molecule has 0 aliphatic rings. The zero-order valence-corrected chi connectivity index (χ0v) is 13.0. The van der Waals surface area contributed by atoms with Crippen molar-refractivity contribution in [3.8, 4) is 0 Å². The van der Waals surface area contributed by atoms with Gasteiger partial charge in [0.25, 0.3) is 5.69 Å². The fourth-order valence-electron chi connectivity index (χ4n) is 2.51. The van der Waals surface area contributed by atoms with Crippen molar-refractivity contribution >= 4 is 22.6 Å². The van der Waals surface area contributed by atoms with Crippen LogP contribution < -0.4 is 0 Å². The lowest BCUT2D eigenvalue weighted by Crippen LogP contribution is -2.08. The number of aromatic nitrogens is 1. The maximum Gasteiger partial charge on any atom is 0.310 e. The van der Waals surface area contributed by atoms with E-state index in [0.29, 0.717) is 22.0 Å². The van der Waals surface area contributed by atoms with Gasteiger partial charge >= 0.3 is 5.97 Å². The number of nitrogens with zero attached hydrogens (tertiary/aromatic N) is 2. The first-order chi connectivity index (χ1) is 12.0. The van der Waals surface area contributed by atoms with E-state index in [1.54, 1.807) is 18.2 Å². The van der Waals surface area contributed by atoms with E-state index < -0.39 is 16.7 Å². The number of halogens is 1. The summed E-state index contributed by atoms with van der Waals surface area (Å²) in [6, 6.07) is 11.8. The van der Waals surface area contributed by atoms with Gasteiger partial charge in [0.05, 0.1) is 22.2 Å². The predicted molar refractivity (Wildman–Crippen MR) is 88.3 cm³/mol. The predicted octanol–water partition coefficient (Wildman–Crippen LogP) is 3.57. The number of non-ortho nitro benzene ring substituents is 1. The Morgan fingerprint density at radius 3 is 2.80 bits per heavy atom. The van der Waals surface area contributed by atoms with Crippen LogP contribution in [0.1, 0.15) is 11.1 Å². The van der Waals surface area contributed by atoms with Crippen molar-refractivity contribution < 1.29 is 18.8 Å². The highest BCUT2D eigenvalue weighted by Gasteiger charge is 2.16. The molecule has 0 fully saturated rings. The number of benzene rings is 2. The van der Waals surface area contributed by atoms with Crippen LogP contribution in [0.3, 0.4) is 0 Å². The topological polar surface area (TPSA) is 82.3 Å². The molecule has 1 heterocycles. The van der Waals surface area contributed by atoms with Gasteiger partial charge in [0, 0.05) is 17.8 Å². The van der Waals surface area contributed by atoms with Gasteiger partial charge in [-0.2, -0.15) is 0 Å². The maximum absolute atomic E-state index is 13.1. The second-order valence-electron chi connectivity index (χ2n) is 5.37. The molecular formula is C18H13FN2O4. The van der Waals surface area contributed by atoms with E-state index in [1.165, 1.54) is 36.5 Å². The lowest BCUT2D eigenvalue weighted by molar-refractivity contribution is -0.383. The molecule has 0 radical (unpaired) electrons. The molecule has 0 bridgehead atoms. The van der Waals surface area contributed by atoms with Crippen molar-refractivity contribution in [3.05, 3.63) is 81.8 Å². The molecule has 0 unspecified atom stereocenters. The monoisotopic (exact) mass is 340 g/mol. The Hall–Kier alpha value is -3.35. The van der Waals surface area contributed by atoms with Crippen molar-refractivity contribution in [3.63, 3.8) is 0 Å². The van der Waals surface area contributed by atoms with E-state index in [-0.39, 0.29) is 18.7 Å².